The Bertz CT molecular complexity index is 1100. The van der Waals surface area contributed by atoms with Gasteiger partial charge in [0, 0.05) is 11.3 Å². The smallest absolute Gasteiger partial charge is 0.255 e. The average molecular weight is 383 g/mol. The van der Waals surface area contributed by atoms with E-state index in [0.29, 0.717) is 5.69 Å². The molecule has 138 valence electrons. The zero-order valence-corrected chi connectivity index (χ0v) is 15.2. The molecule has 0 radical (unpaired) electrons. The molecule has 3 rings (SSSR count). The summed E-state index contributed by atoms with van der Waals surface area (Å²) >= 11 is 0. The van der Waals surface area contributed by atoms with Gasteiger partial charge in [-0.15, -0.1) is 5.69 Å². The van der Waals surface area contributed by atoms with Crippen molar-refractivity contribution < 1.29 is 17.6 Å². The van der Waals surface area contributed by atoms with Crippen molar-refractivity contribution >= 4 is 27.3 Å². The molecule has 27 heavy (non-hydrogen) atoms. The summed E-state index contributed by atoms with van der Waals surface area (Å²) < 4.78 is 41.8. The van der Waals surface area contributed by atoms with E-state index in [1.807, 2.05) is 19.1 Å². The van der Waals surface area contributed by atoms with Gasteiger partial charge >= 0.3 is 0 Å². The molecule has 0 fully saturated rings. The summed E-state index contributed by atoms with van der Waals surface area (Å²) in [5, 5.41) is 2.75. The first-order chi connectivity index (χ1) is 12.8. The minimum Gasteiger partial charge on any atom is -0.573 e. The number of anilines is 1. The van der Waals surface area contributed by atoms with Crippen molar-refractivity contribution in [3.63, 3.8) is 0 Å². The summed E-state index contributed by atoms with van der Waals surface area (Å²) in [4.78, 5) is 12.3. The summed E-state index contributed by atoms with van der Waals surface area (Å²) in [6.45, 7) is 1.86. The minimum atomic E-state index is -4.09. The molecule has 7 heteroatoms. The minimum absolute atomic E-state index is 0.0234. The molecular weight excluding hydrogens is 367 g/mol. The monoisotopic (exact) mass is 383 g/mol. The van der Waals surface area contributed by atoms with Crippen LogP contribution in [-0.2, 0) is 10.0 Å². The molecule has 0 bridgehead atoms. The molecule has 0 heterocycles. The summed E-state index contributed by atoms with van der Waals surface area (Å²) in [6.07, 6.45) is 0. The van der Waals surface area contributed by atoms with Crippen LogP contribution in [0.5, 0.6) is 0 Å². The van der Waals surface area contributed by atoms with Crippen molar-refractivity contribution in [3.8, 4) is 0 Å². The van der Waals surface area contributed by atoms with Gasteiger partial charge in [0.25, 0.3) is 5.91 Å². The van der Waals surface area contributed by atoms with Crippen LogP contribution in [0.15, 0.2) is 77.7 Å². The van der Waals surface area contributed by atoms with Crippen LogP contribution in [-0.4, -0.2) is 14.3 Å². The van der Waals surface area contributed by atoms with E-state index in [2.05, 4.69) is 10.0 Å². The number of benzene rings is 3. The first-order valence-electron chi connectivity index (χ1n) is 8.06. The third kappa shape index (κ3) is 4.51. The molecule has 0 aliphatic carbocycles. The van der Waals surface area contributed by atoms with Crippen LogP contribution in [0, 0.1) is 12.7 Å². The number of nitrogens with zero attached hydrogens (tertiary/aromatic N) is 1. The number of sulfonamides is 1. The lowest BCUT2D eigenvalue weighted by Crippen LogP contribution is -2.13. The number of aryl methyl sites for hydroxylation is 1. The van der Waals surface area contributed by atoms with Gasteiger partial charge in [0.2, 0.25) is 0 Å². The predicted molar refractivity (Wildman–Crippen MR) is 102 cm³/mol. The summed E-state index contributed by atoms with van der Waals surface area (Å²) in [7, 11) is -4.09. The zero-order chi connectivity index (χ0) is 19.4. The number of amides is 1. The molecule has 0 aliphatic heterocycles. The number of para-hydroxylation sites is 1. The van der Waals surface area contributed by atoms with Gasteiger partial charge in [-0.25, -0.2) is 12.8 Å². The number of nitrogens with one attached hydrogen (secondary N) is 1. The lowest BCUT2D eigenvalue weighted by atomic mass is 10.1. The largest absolute Gasteiger partial charge is 0.573 e. The topological polar surface area (TPSA) is 77.3 Å². The van der Waals surface area contributed by atoms with Crippen molar-refractivity contribution in [3.05, 3.63) is 94.5 Å². The Kier molecular flexibility index (Phi) is 5.23. The molecule has 0 unspecified atom stereocenters. The third-order valence-corrected chi connectivity index (χ3v) is 5.12. The van der Waals surface area contributed by atoms with Crippen molar-refractivity contribution in [1.82, 2.24) is 0 Å². The fourth-order valence-corrected chi connectivity index (χ4v) is 3.45. The van der Waals surface area contributed by atoms with Crippen molar-refractivity contribution in [1.29, 1.82) is 0 Å². The second-order valence-corrected chi connectivity index (χ2v) is 7.45. The van der Waals surface area contributed by atoms with Gasteiger partial charge in [0.15, 0.2) is 0 Å². The van der Waals surface area contributed by atoms with Gasteiger partial charge < -0.3 is 10.0 Å². The van der Waals surface area contributed by atoms with Gasteiger partial charge in [0.1, 0.15) is 15.8 Å². The number of halogens is 1. The Morgan fingerprint density at radius 1 is 0.963 bits per heavy atom. The molecular formula is C20H16FN2O3S-. The molecule has 3 aromatic carbocycles. The van der Waals surface area contributed by atoms with Crippen molar-refractivity contribution in [2.24, 2.45) is 0 Å². The molecule has 0 spiro atoms. The number of carbonyl (C=O) groups excluding carboxylic acids is 1. The quantitative estimate of drug-likeness (QED) is 0.689. The predicted octanol–water partition coefficient (Wildman–Crippen LogP) is 4.78. The highest BCUT2D eigenvalue weighted by atomic mass is 32.2. The molecule has 5 nitrogen and oxygen atoms in total. The summed E-state index contributed by atoms with van der Waals surface area (Å²) in [5.74, 6) is -1.02. The van der Waals surface area contributed by atoms with Crippen molar-refractivity contribution in [2.45, 2.75) is 11.8 Å². The molecule has 0 atom stereocenters. The van der Waals surface area contributed by atoms with Crippen LogP contribution in [0.2, 0.25) is 0 Å². The van der Waals surface area contributed by atoms with Gasteiger partial charge in [-0.05, 0) is 48.9 Å². The first-order valence-corrected chi connectivity index (χ1v) is 9.50. The maximum absolute atomic E-state index is 13.2. The average Bonchev–Trinajstić information content (AvgIpc) is 2.63. The van der Waals surface area contributed by atoms with E-state index in [-0.39, 0.29) is 16.1 Å². The fourth-order valence-electron chi connectivity index (χ4n) is 2.43. The van der Waals surface area contributed by atoms with E-state index in [1.165, 1.54) is 42.5 Å². The first kappa shape index (κ1) is 18.6. The Morgan fingerprint density at radius 2 is 1.70 bits per heavy atom. The fraction of sp³-hybridized carbons (Fsp3) is 0.0500. The van der Waals surface area contributed by atoms with Crippen LogP contribution in [0.3, 0.4) is 0 Å². The van der Waals surface area contributed by atoms with Crippen LogP contribution in [0.25, 0.3) is 4.72 Å². The molecule has 0 aromatic heterocycles. The highest BCUT2D eigenvalue weighted by Crippen LogP contribution is 2.28. The van der Waals surface area contributed by atoms with E-state index >= 15 is 0 Å². The number of rotatable bonds is 5. The summed E-state index contributed by atoms with van der Waals surface area (Å²) in [5.41, 5.74) is 1.68. The van der Waals surface area contributed by atoms with Crippen LogP contribution in [0.4, 0.5) is 15.8 Å². The Morgan fingerprint density at radius 3 is 2.44 bits per heavy atom. The highest BCUT2D eigenvalue weighted by Gasteiger charge is 2.12. The number of carbonyl (C=O) groups is 1. The van der Waals surface area contributed by atoms with E-state index in [0.717, 1.165) is 11.6 Å². The summed E-state index contributed by atoms with van der Waals surface area (Å²) in [6, 6.07) is 17.8. The molecule has 3 aromatic rings. The van der Waals surface area contributed by atoms with Crippen LogP contribution >= 0.6 is 0 Å². The molecule has 0 aliphatic rings. The second-order valence-electron chi connectivity index (χ2n) is 5.84. The number of hydrogen-bond donors (Lipinski definition) is 1. The molecule has 1 amide bonds. The van der Waals surface area contributed by atoms with Crippen LogP contribution < -0.4 is 5.32 Å². The zero-order valence-electron chi connectivity index (χ0n) is 14.4. The van der Waals surface area contributed by atoms with E-state index in [1.54, 1.807) is 12.1 Å². The van der Waals surface area contributed by atoms with Gasteiger partial charge in [-0.1, -0.05) is 36.4 Å². The van der Waals surface area contributed by atoms with E-state index in [4.69, 9.17) is 0 Å². The van der Waals surface area contributed by atoms with E-state index < -0.39 is 21.7 Å². The lowest BCUT2D eigenvalue weighted by molar-refractivity contribution is 0.102. The molecule has 1 N–H and O–H groups in total. The second kappa shape index (κ2) is 7.59. The maximum atomic E-state index is 13.2. The Balaban J connectivity index is 1.84. The van der Waals surface area contributed by atoms with Gasteiger partial charge in [-0.3, -0.25) is 4.79 Å². The van der Waals surface area contributed by atoms with Crippen molar-refractivity contribution in [2.75, 3.05) is 5.32 Å². The lowest BCUT2D eigenvalue weighted by Gasteiger charge is -2.22. The third-order valence-electron chi connectivity index (χ3n) is 3.82. The molecule has 0 saturated heterocycles. The van der Waals surface area contributed by atoms with Crippen LogP contribution in [0.1, 0.15) is 15.9 Å². The SMILES string of the molecule is Cc1ccccc1NC(=O)c1cccc(S(=O)(=O)[N-]c2cccc(F)c2)c1. The van der Waals surface area contributed by atoms with Gasteiger partial charge in [-0.2, -0.15) is 0 Å². The maximum Gasteiger partial charge on any atom is 0.255 e. The Labute approximate surface area is 156 Å². The number of hydrogen-bond acceptors (Lipinski definition) is 3. The van der Waals surface area contributed by atoms with E-state index in [9.17, 15) is 17.6 Å². The van der Waals surface area contributed by atoms with Gasteiger partial charge in [0.05, 0.1) is 4.90 Å². The Hall–Kier alpha value is -3.19. The highest BCUT2D eigenvalue weighted by molar-refractivity contribution is 7.94. The standard InChI is InChI=1S/C20H16FN2O3S/c1-14-6-2-3-11-19(14)22-20(24)15-7-4-10-18(12-15)27(25,26)23-17-9-5-8-16(21)13-17/h2-13H,1H3,(H,22,24)/q-1. The normalized spacial score (nSPS) is 11.0. The molecule has 0 saturated carbocycles.